The van der Waals surface area contributed by atoms with Gasteiger partial charge in [0.2, 0.25) is 0 Å². The first-order chi connectivity index (χ1) is 16.0. The molecular weight excluding hydrogens is 450 g/mol. The van der Waals surface area contributed by atoms with Gasteiger partial charge in [0.1, 0.15) is 5.00 Å². The van der Waals surface area contributed by atoms with Crippen LogP contribution in [-0.4, -0.2) is 41.0 Å². The van der Waals surface area contributed by atoms with Crippen molar-refractivity contribution < 1.29 is 18.4 Å². The Morgan fingerprint density at radius 2 is 1.97 bits per heavy atom. The molecule has 1 atom stereocenters. The molecule has 0 saturated carbocycles. The second-order valence-corrected chi connectivity index (χ2v) is 8.57. The number of amides is 3. The summed E-state index contributed by atoms with van der Waals surface area (Å²) in [4.78, 5) is 34.0. The van der Waals surface area contributed by atoms with Crippen molar-refractivity contribution in [2.24, 2.45) is 0 Å². The molecular formula is C22H22F2N6O2S. The Bertz CT molecular complexity index is 1130. The van der Waals surface area contributed by atoms with Crippen LogP contribution in [0.15, 0.2) is 42.9 Å². The summed E-state index contributed by atoms with van der Waals surface area (Å²) >= 11 is 1.09. The van der Waals surface area contributed by atoms with Gasteiger partial charge in [-0.15, -0.1) is 11.3 Å². The molecule has 3 amide bonds. The van der Waals surface area contributed by atoms with E-state index in [1.165, 1.54) is 24.7 Å². The molecule has 11 heteroatoms. The summed E-state index contributed by atoms with van der Waals surface area (Å²) in [5.41, 5.74) is 0.629. The number of carbonyl (C=O) groups is 2. The van der Waals surface area contributed by atoms with Gasteiger partial charge in [-0.05, 0) is 43.1 Å². The third-order valence-corrected chi connectivity index (χ3v) is 6.19. The molecule has 33 heavy (non-hydrogen) atoms. The van der Waals surface area contributed by atoms with Crippen LogP contribution in [0.3, 0.4) is 0 Å². The molecule has 0 spiro atoms. The minimum absolute atomic E-state index is 0.0483. The highest BCUT2D eigenvalue weighted by Gasteiger charge is 2.22. The van der Waals surface area contributed by atoms with Crippen LogP contribution in [-0.2, 0) is 0 Å². The van der Waals surface area contributed by atoms with Crippen molar-refractivity contribution in [1.82, 2.24) is 20.6 Å². The van der Waals surface area contributed by atoms with Gasteiger partial charge in [0.25, 0.3) is 5.91 Å². The lowest BCUT2D eigenvalue weighted by Crippen LogP contribution is -2.41. The maximum atomic E-state index is 13.8. The predicted molar refractivity (Wildman–Crippen MR) is 122 cm³/mol. The number of aromatic nitrogens is 2. The lowest BCUT2D eigenvalue weighted by molar-refractivity contribution is 0.0937. The van der Waals surface area contributed by atoms with E-state index in [1.54, 1.807) is 6.07 Å². The Morgan fingerprint density at radius 1 is 1.09 bits per heavy atom. The number of anilines is 2. The van der Waals surface area contributed by atoms with Gasteiger partial charge < -0.3 is 10.6 Å². The molecule has 4 rings (SSSR count). The van der Waals surface area contributed by atoms with Crippen molar-refractivity contribution in [3.05, 3.63) is 60.1 Å². The lowest BCUT2D eigenvalue weighted by Gasteiger charge is -2.16. The number of urea groups is 1. The molecule has 4 N–H and O–H groups in total. The van der Waals surface area contributed by atoms with Crippen LogP contribution in [0.25, 0.3) is 10.4 Å². The number of thiophene rings is 1. The fraction of sp³-hybridized carbons (Fsp3) is 0.273. The van der Waals surface area contributed by atoms with E-state index >= 15 is 0 Å². The zero-order valence-corrected chi connectivity index (χ0v) is 18.3. The highest BCUT2D eigenvalue weighted by atomic mass is 32.1. The molecule has 0 unspecified atom stereocenters. The van der Waals surface area contributed by atoms with E-state index in [2.05, 4.69) is 31.2 Å². The SMILES string of the molecule is O=C(Nc1cnccn1)Nc1sc(-c2ccc(F)c(F)c2)cc1C(=O)N[C@H]1CCCCNC1. The van der Waals surface area contributed by atoms with Gasteiger partial charge in [0, 0.05) is 29.9 Å². The highest BCUT2D eigenvalue weighted by Crippen LogP contribution is 2.36. The number of halogens is 2. The number of carbonyl (C=O) groups excluding carboxylic acids is 2. The average molecular weight is 473 g/mol. The Morgan fingerprint density at radius 3 is 2.76 bits per heavy atom. The van der Waals surface area contributed by atoms with Crippen LogP contribution >= 0.6 is 11.3 Å². The molecule has 1 aromatic carbocycles. The predicted octanol–water partition coefficient (Wildman–Crippen LogP) is 4.00. The first-order valence-corrected chi connectivity index (χ1v) is 11.3. The molecule has 1 fully saturated rings. The average Bonchev–Trinajstić information content (AvgIpc) is 3.04. The minimum atomic E-state index is -0.994. The third kappa shape index (κ3) is 5.88. The first kappa shape index (κ1) is 22.7. The Balaban J connectivity index is 1.59. The molecule has 1 aliphatic rings. The lowest BCUT2D eigenvalue weighted by atomic mass is 10.1. The highest BCUT2D eigenvalue weighted by molar-refractivity contribution is 7.20. The zero-order valence-electron chi connectivity index (χ0n) is 17.5. The summed E-state index contributed by atoms with van der Waals surface area (Å²) in [7, 11) is 0. The third-order valence-electron chi connectivity index (χ3n) is 5.09. The summed E-state index contributed by atoms with van der Waals surface area (Å²) in [6.45, 7) is 1.56. The quantitative estimate of drug-likeness (QED) is 0.449. The Hall–Kier alpha value is -3.44. The van der Waals surface area contributed by atoms with Crippen LogP contribution < -0.4 is 21.3 Å². The summed E-state index contributed by atoms with van der Waals surface area (Å²) < 4.78 is 27.2. The molecule has 0 radical (unpaired) electrons. The molecule has 3 heterocycles. The van der Waals surface area contributed by atoms with Crippen molar-refractivity contribution in [1.29, 1.82) is 0 Å². The fourth-order valence-corrected chi connectivity index (χ4v) is 4.51. The number of hydrogen-bond donors (Lipinski definition) is 4. The Labute approximate surface area is 192 Å². The molecule has 0 bridgehead atoms. The van der Waals surface area contributed by atoms with Crippen molar-refractivity contribution in [2.45, 2.75) is 25.3 Å². The van der Waals surface area contributed by atoms with Crippen LogP contribution in [0.1, 0.15) is 29.6 Å². The summed E-state index contributed by atoms with van der Waals surface area (Å²) in [6.07, 6.45) is 7.17. The van der Waals surface area contributed by atoms with Crippen molar-refractivity contribution in [3.63, 3.8) is 0 Å². The molecule has 1 aliphatic heterocycles. The molecule has 1 saturated heterocycles. The van der Waals surface area contributed by atoms with E-state index < -0.39 is 17.7 Å². The second kappa shape index (κ2) is 10.5. The fourth-order valence-electron chi connectivity index (χ4n) is 3.46. The number of hydrogen-bond acceptors (Lipinski definition) is 6. The van der Waals surface area contributed by atoms with Crippen LogP contribution in [0.2, 0.25) is 0 Å². The van der Waals surface area contributed by atoms with Gasteiger partial charge in [0.05, 0.1) is 11.8 Å². The smallest absolute Gasteiger partial charge is 0.325 e. The molecule has 3 aromatic rings. The van der Waals surface area contributed by atoms with Crippen LogP contribution in [0.5, 0.6) is 0 Å². The standard InChI is InChI=1S/C22H22F2N6O2S/c23-16-5-4-13(9-17(16)24)18-10-15(20(31)28-14-3-1-2-6-25-11-14)21(33-18)30-22(32)29-19-12-26-7-8-27-19/h4-5,7-10,12,14,25H,1-3,6,11H2,(H,28,31)(H2,27,29,30,32)/t14-/m0/s1. The van der Waals surface area contributed by atoms with E-state index in [0.717, 1.165) is 49.3 Å². The van der Waals surface area contributed by atoms with E-state index in [-0.39, 0.29) is 28.3 Å². The van der Waals surface area contributed by atoms with E-state index in [4.69, 9.17) is 0 Å². The molecule has 172 valence electrons. The monoisotopic (exact) mass is 472 g/mol. The van der Waals surface area contributed by atoms with Crippen LogP contribution in [0, 0.1) is 11.6 Å². The minimum Gasteiger partial charge on any atom is -0.348 e. The Kier molecular flexibility index (Phi) is 7.20. The van der Waals surface area contributed by atoms with Gasteiger partial charge in [-0.1, -0.05) is 12.5 Å². The number of nitrogens with one attached hydrogen (secondary N) is 4. The first-order valence-electron chi connectivity index (χ1n) is 10.4. The maximum absolute atomic E-state index is 13.8. The molecule has 8 nitrogen and oxygen atoms in total. The summed E-state index contributed by atoms with van der Waals surface area (Å²) in [5.74, 6) is -2.08. The molecule has 2 aromatic heterocycles. The van der Waals surface area contributed by atoms with Gasteiger partial charge in [-0.25, -0.2) is 18.6 Å². The topological polar surface area (TPSA) is 108 Å². The van der Waals surface area contributed by atoms with E-state index in [1.807, 2.05) is 0 Å². The normalized spacial score (nSPS) is 16.0. The van der Waals surface area contributed by atoms with Gasteiger partial charge >= 0.3 is 6.03 Å². The van der Waals surface area contributed by atoms with E-state index in [0.29, 0.717) is 17.0 Å². The summed E-state index contributed by atoms with van der Waals surface area (Å²) in [6, 6.07) is 4.41. The summed E-state index contributed by atoms with van der Waals surface area (Å²) in [5, 5.41) is 11.8. The molecule has 0 aliphatic carbocycles. The zero-order chi connectivity index (χ0) is 23.2. The van der Waals surface area contributed by atoms with Crippen molar-refractivity contribution in [3.8, 4) is 10.4 Å². The van der Waals surface area contributed by atoms with Gasteiger partial charge in [-0.2, -0.15) is 0 Å². The van der Waals surface area contributed by atoms with Gasteiger partial charge in [0.15, 0.2) is 17.5 Å². The second-order valence-electron chi connectivity index (χ2n) is 7.52. The van der Waals surface area contributed by atoms with Crippen molar-refractivity contribution in [2.75, 3.05) is 23.7 Å². The van der Waals surface area contributed by atoms with Crippen LogP contribution in [0.4, 0.5) is 24.4 Å². The number of rotatable bonds is 5. The largest absolute Gasteiger partial charge is 0.348 e. The van der Waals surface area contributed by atoms with Gasteiger partial charge in [-0.3, -0.25) is 20.4 Å². The number of benzene rings is 1. The number of nitrogens with zero attached hydrogens (tertiary/aromatic N) is 2. The van der Waals surface area contributed by atoms with Crippen molar-refractivity contribution >= 4 is 34.1 Å². The maximum Gasteiger partial charge on any atom is 0.325 e. The van der Waals surface area contributed by atoms with E-state index in [9.17, 15) is 18.4 Å².